The normalized spacial score (nSPS) is 13.2. The highest BCUT2D eigenvalue weighted by molar-refractivity contribution is 7.89. The van der Waals surface area contributed by atoms with Gasteiger partial charge in [-0.05, 0) is 41.9 Å². The van der Waals surface area contributed by atoms with Crippen molar-refractivity contribution in [3.8, 4) is 0 Å². The van der Waals surface area contributed by atoms with E-state index in [0.29, 0.717) is 5.56 Å². The van der Waals surface area contributed by atoms with Crippen LogP contribution in [0.25, 0.3) is 0 Å². The highest BCUT2D eigenvalue weighted by Crippen LogP contribution is 2.22. The molecule has 0 aromatic heterocycles. The average Bonchev–Trinajstić information content (AvgIpc) is 2.89. The molecule has 2 rings (SSSR count). The minimum absolute atomic E-state index is 0.0577. The number of nitrogen functional groups attached to an aromatic ring is 1. The summed E-state index contributed by atoms with van der Waals surface area (Å²) in [7, 11) is -3.76. The molecule has 0 heterocycles. The fourth-order valence-corrected chi connectivity index (χ4v) is 4.60. The van der Waals surface area contributed by atoms with Crippen LogP contribution in [0.1, 0.15) is 62.8 Å². The standard InChI is InChI=1S/C28H40N6O5S/c1-5-40(38,39)34-23(16-18-8-12-21(13-9-18)28(2,3)4)27(37)33-22(14-15-24(29)35)26(36)32-17-19-6-10-20(11-7-19)25(30)31/h6-13,22-23,34H,5,14-17H2,1-4H3,(H2,29,35)(H3,30,31)(H,32,36)(H,33,37)/t22-,23+/m0/s1. The van der Waals surface area contributed by atoms with Crippen molar-refractivity contribution in [2.75, 3.05) is 5.75 Å². The third-order valence-electron chi connectivity index (χ3n) is 6.32. The zero-order valence-corrected chi connectivity index (χ0v) is 24.2. The SMILES string of the molecule is CCS(=O)(=O)N[C@H](Cc1ccc(C(C)(C)C)cc1)C(=O)N[C@@H](CCC(N)=O)C(=O)NCc1ccc(C(=N)N)cc1. The second-order valence-corrected chi connectivity index (χ2v) is 12.7. The van der Waals surface area contributed by atoms with Gasteiger partial charge in [0, 0.05) is 18.5 Å². The van der Waals surface area contributed by atoms with Crippen LogP contribution in [0.15, 0.2) is 48.5 Å². The molecule has 0 bridgehead atoms. The Bertz CT molecular complexity index is 1300. The summed E-state index contributed by atoms with van der Waals surface area (Å²) in [5, 5.41) is 12.8. The summed E-state index contributed by atoms with van der Waals surface area (Å²) < 4.78 is 27.2. The molecule has 2 aromatic rings. The Labute approximate surface area is 236 Å². The molecule has 2 atom stereocenters. The number of rotatable bonds is 14. The highest BCUT2D eigenvalue weighted by atomic mass is 32.2. The quantitative estimate of drug-likeness (QED) is 0.145. The van der Waals surface area contributed by atoms with Gasteiger partial charge in [-0.25, -0.2) is 13.1 Å². The zero-order valence-electron chi connectivity index (χ0n) is 23.4. The van der Waals surface area contributed by atoms with Gasteiger partial charge in [0.25, 0.3) is 0 Å². The van der Waals surface area contributed by atoms with Crippen LogP contribution in [0.4, 0.5) is 0 Å². The van der Waals surface area contributed by atoms with E-state index in [9.17, 15) is 22.8 Å². The maximum atomic E-state index is 13.3. The van der Waals surface area contributed by atoms with E-state index in [2.05, 4.69) is 36.1 Å². The van der Waals surface area contributed by atoms with Gasteiger partial charge in [0.15, 0.2) is 0 Å². The first kappa shape index (κ1) is 32.4. The first-order valence-electron chi connectivity index (χ1n) is 13.0. The molecule has 11 nitrogen and oxygen atoms in total. The molecular weight excluding hydrogens is 532 g/mol. The topological polar surface area (TPSA) is 197 Å². The van der Waals surface area contributed by atoms with Crippen LogP contribution in [0.2, 0.25) is 0 Å². The lowest BCUT2D eigenvalue weighted by atomic mass is 9.86. The van der Waals surface area contributed by atoms with Crippen LogP contribution in [0.3, 0.4) is 0 Å². The Morgan fingerprint density at radius 1 is 0.900 bits per heavy atom. The highest BCUT2D eigenvalue weighted by Gasteiger charge is 2.29. The maximum Gasteiger partial charge on any atom is 0.242 e. The van der Waals surface area contributed by atoms with E-state index in [1.54, 1.807) is 24.3 Å². The third-order valence-corrected chi connectivity index (χ3v) is 7.73. The lowest BCUT2D eigenvalue weighted by Crippen LogP contribution is -2.54. The number of nitrogens with two attached hydrogens (primary N) is 2. The van der Waals surface area contributed by atoms with Crippen molar-refractivity contribution in [2.45, 2.75) is 71.0 Å². The lowest BCUT2D eigenvalue weighted by Gasteiger charge is -2.23. The summed E-state index contributed by atoms with van der Waals surface area (Å²) in [4.78, 5) is 37.8. The number of carbonyl (C=O) groups excluding carboxylic acids is 3. The van der Waals surface area contributed by atoms with Gasteiger partial charge in [-0.15, -0.1) is 0 Å². The number of nitrogens with one attached hydrogen (secondary N) is 4. The molecule has 0 aliphatic carbocycles. The van der Waals surface area contributed by atoms with Crippen LogP contribution >= 0.6 is 0 Å². The minimum Gasteiger partial charge on any atom is -0.384 e. The average molecular weight is 573 g/mol. The molecule has 40 heavy (non-hydrogen) atoms. The number of amides is 3. The van der Waals surface area contributed by atoms with Crippen molar-refractivity contribution in [2.24, 2.45) is 11.5 Å². The molecule has 8 N–H and O–H groups in total. The number of hydrogen-bond donors (Lipinski definition) is 6. The van der Waals surface area contributed by atoms with Gasteiger partial charge in [0.05, 0.1) is 5.75 Å². The molecule has 0 radical (unpaired) electrons. The second-order valence-electron chi connectivity index (χ2n) is 10.6. The number of hydrogen-bond acceptors (Lipinski definition) is 6. The van der Waals surface area contributed by atoms with E-state index in [0.717, 1.165) is 16.7 Å². The number of benzene rings is 2. The van der Waals surface area contributed by atoms with Crippen molar-refractivity contribution in [1.29, 1.82) is 5.41 Å². The summed E-state index contributed by atoms with van der Waals surface area (Å²) in [6, 6.07) is 11.9. The van der Waals surface area contributed by atoms with Crippen molar-refractivity contribution in [3.63, 3.8) is 0 Å². The van der Waals surface area contributed by atoms with Crippen molar-refractivity contribution < 1.29 is 22.8 Å². The van der Waals surface area contributed by atoms with E-state index < -0.39 is 39.8 Å². The molecule has 0 aliphatic heterocycles. The third kappa shape index (κ3) is 10.4. The first-order chi connectivity index (χ1) is 18.6. The summed E-state index contributed by atoms with van der Waals surface area (Å²) in [5.74, 6) is -2.21. The van der Waals surface area contributed by atoms with Crippen LogP contribution in [-0.2, 0) is 42.8 Å². The van der Waals surface area contributed by atoms with E-state index in [-0.39, 0.29) is 42.8 Å². The van der Waals surface area contributed by atoms with Crippen molar-refractivity contribution in [3.05, 3.63) is 70.8 Å². The first-order valence-corrected chi connectivity index (χ1v) is 14.7. The molecule has 12 heteroatoms. The maximum absolute atomic E-state index is 13.3. The molecule has 2 aromatic carbocycles. The lowest BCUT2D eigenvalue weighted by molar-refractivity contribution is -0.130. The molecule has 0 spiro atoms. The number of amidine groups is 1. The van der Waals surface area contributed by atoms with Gasteiger partial charge < -0.3 is 22.1 Å². The van der Waals surface area contributed by atoms with E-state index in [1.807, 2.05) is 24.3 Å². The van der Waals surface area contributed by atoms with E-state index in [1.165, 1.54) is 6.92 Å². The van der Waals surface area contributed by atoms with Crippen LogP contribution in [-0.4, -0.2) is 49.8 Å². The molecular formula is C28H40N6O5S. The number of primary amides is 1. The monoisotopic (exact) mass is 572 g/mol. The van der Waals surface area contributed by atoms with E-state index in [4.69, 9.17) is 16.9 Å². The van der Waals surface area contributed by atoms with Crippen molar-refractivity contribution in [1.82, 2.24) is 15.4 Å². The minimum atomic E-state index is -3.76. The zero-order chi connectivity index (χ0) is 30.1. The fraction of sp³-hybridized carbons (Fsp3) is 0.429. The van der Waals surface area contributed by atoms with Gasteiger partial charge in [-0.3, -0.25) is 19.8 Å². The molecule has 218 valence electrons. The molecule has 0 saturated carbocycles. The smallest absolute Gasteiger partial charge is 0.242 e. The number of carbonyl (C=O) groups is 3. The van der Waals surface area contributed by atoms with Crippen LogP contribution < -0.4 is 26.8 Å². The van der Waals surface area contributed by atoms with Crippen molar-refractivity contribution >= 4 is 33.6 Å². The predicted octanol–water partition coefficient (Wildman–Crippen LogP) is 1.19. The van der Waals surface area contributed by atoms with Gasteiger partial charge >= 0.3 is 0 Å². The molecule has 0 aliphatic rings. The Hall–Kier alpha value is -3.77. The largest absolute Gasteiger partial charge is 0.384 e. The summed E-state index contributed by atoms with van der Waals surface area (Å²) in [5.41, 5.74) is 13.8. The molecule has 0 unspecified atom stereocenters. The van der Waals surface area contributed by atoms with Crippen LogP contribution in [0, 0.1) is 5.41 Å². The predicted molar refractivity (Wildman–Crippen MR) is 155 cm³/mol. The Kier molecular flexibility index (Phi) is 11.4. The molecule has 0 saturated heterocycles. The Morgan fingerprint density at radius 2 is 1.48 bits per heavy atom. The van der Waals surface area contributed by atoms with Gasteiger partial charge in [-0.2, -0.15) is 0 Å². The Morgan fingerprint density at radius 3 is 1.98 bits per heavy atom. The molecule has 3 amide bonds. The van der Waals surface area contributed by atoms with Gasteiger partial charge in [0.1, 0.15) is 17.9 Å². The van der Waals surface area contributed by atoms with Gasteiger partial charge in [0.2, 0.25) is 27.7 Å². The number of sulfonamides is 1. The fourth-order valence-electron chi connectivity index (χ4n) is 3.81. The Balaban J connectivity index is 2.21. The van der Waals surface area contributed by atoms with E-state index >= 15 is 0 Å². The second kappa shape index (κ2) is 14.0. The van der Waals surface area contributed by atoms with Gasteiger partial charge in [-0.1, -0.05) is 69.3 Å². The summed E-state index contributed by atoms with van der Waals surface area (Å²) in [6.45, 7) is 7.80. The summed E-state index contributed by atoms with van der Waals surface area (Å²) >= 11 is 0. The van der Waals surface area contributed by atoms with Crippen LogP contribution in [0.5, 0.6) is 0 Å². The molecule has 0 fully saturated rings. The summed E-state index contributed by atoms with van der Waals surface area (Å²) in [6.07, 6.45) is -0.169.